The maximum Gasteiger partial charge on any atom is 0.334 e. The molecule has 6 N–H and O–H groups in total. The van der Waals surface area contributed by atoms with E-state index in [0.717, 1.165) is 38.9 Å². The first-order valence-corrected chi connectivity index (χ1v) is 13.9. The number of aliphatic carboxylic acids is 2. The van der Waals surface area contributed by atoms with Gasteiger partial charge >= 0.3 is 11.9 Å². The van der Waals surface area contributed by atoms with Crippen LogP contribution in [0.15, 0.2) is 76.1 Å². The van der Waals surface area contributed by atoms with E-state index in [1.54, 1.807) is 50.4 Å². The fourth-order valence-electron chi connectivity index (χ4n) is 5.77. The minimum Gasteiger partial charge on any atom is -0.508 e. The number of dihydropyridines is 1. The lowest BCUT2D eigenvalue weighted by Crippen LogP contribution is -2.36. The van der Waals surface area contributed by atoms with E-state index in [9.17, 15) is 30.2 Å². The van der Waals surface area contributed by atoms with Gasteiger partial charge in [-0.1, -0.05) is 24.3 Å². The summed E-state index contributed by atoms with van der Waals surface area (Å²) in [5.74, 6) is -2.39. The summed E-state index contributed by atoms with van der Waals surface area (Å²) in [6, 6.07) is 14.3. The fourth-order valence-corrected chi connectivity index (χ4v) is 5.77. The summed E-state index contributed by atoms with van der Waals surface area (Å²) in [6.07, 6.45) is 4.68. The number of allylic oxidation sites excluding steroid dienone is 2. The Labute approximate surface area is 244 Å². The molecule has 1 fully saturated rings. The molecule has 220 valence electrons. The number of guanidine groups is 1. The number of hydrogen-bond acceptors (Lipinski definition) is 7. The Balaban J connectivity index is 1.35. The van der Waals surface area contributed by atoms with E-state index in [-0.39, 0.29) is 17.1 Å². The molecule has 0 aromatic heterocycles. The summed E-state index contributed by atoms with van der Waals surface area (Å²) in [5, 5.41) is 47.9. The molecule has 0 aliphatic carbocycles. The number of phenolic OH excluding ortho intramolecular Hbond substituents is 1. The van der Waals surface area contributed by atoms with Crippen LogP contribution in [0.4, 0.5) is 5.69 Å². The van der Waals surface area contributed by atoms with Crippen molar-refractivity contribution in [2.24, 2.45) is 4.99 Å². The highest BCUT2D eigenvalue weighted by Crippen LogP contribution is 2.39. The van der Waals surface area contributed by atoms with Gasteiger partial charge in [-0.25, -0.2) is 9.59 Å². The number of likely N-dealkylation sites (tertiary alicyclic amines) is 1. The SMILES string of the molecule is CC1=C(C(=O)O)C(c2cccc(NC(=NC#N)NCCCN3CCC(c4cccc(O)c4)CC3)c2)C(C(=O)O)=C(C)N1. The van der Waals surface area contributed by atoms with Crippen LogP contribution < -0.4 is 16.0 Å². The lowest BCUT2D eigenvalue weighted by Gasteiger charge is -2.32. The molecule has 42 heavy (non-hydrogen) atoms. The first-order chi connectivity index (χ1) is 20.2. The largest absolute Gasteiger partial charge is 0.508 e. The number of nitrogens with zero attached hydrogens (tertiary/aromatic N) is 3. The third-order valence-corrected chi connectivity index (χ3v) is 7.74. The van der Waals surface area contributed by atoms with Crippen molar-refractivity contribution in [3.63, 3.8) is 0 Å². The Morgan fingerprint density at radius 3 is 2.29 bits per heavy atom. The molecule has 2 aliphatic rings. The molecule has 1 saturated heterocycles. The van der Waals surface area contributed by atoms with Crippen LogP contribution in [-0.2, 0) is 9.59 Å². The van der Waals surface area contributed by atoms with E-state index < -0.39 is 17.9 Å². The number of hydrogen-bond donors (Lipinski definition) is 6. The monoisotopic (exact) mass is 572 g/mol. The molecule has 0 atom stereocenters. The number of rotatable bonds is 9. The van der Waals surface area contributed by atoms with E-state index in [0.29, 0.717) is 40.9 Å². The number of aliphatic imine (C=N–C) groups is 1. The Kier molecular flexibility index (Phi) is 9.83. The molecular weight excluding hydrogens is 536 g/mol. The van der Waals surface area contributed by atoms with Gasteiger partial charge in [0, 0.05) is 23.6 Å². The minimum atomic E-state index is -1.20. The van der Waals surface area contributed by atoms with Crippen LogP contribution in [-0.4, -0.2) is 64.3 Å². The molecule has 4 rings (SSSR count). The summed E-state index contributed by atoms with van der Waals surface area (Å²) in [6.45, 7) is 6.63. The van der Waals surface area contributed by atoms with Gasteiger partial charge in [-0.2, -0.15) is 5.26 Å². The van der Waals surface area contributed by atoms with E-state index in [1.165, 1.54) is 5.56 Å². The second-order valence-corrected chi connectivity index (χ2v) is 10.5. The van der Waals surface area contributed by atoms with Gasteiger partial charge in [0.1, 0.15) is 5.75 Å². The average Bonchev–Trinajstić information content (AvgIpc) is 2.95. The first kappa shape index (κ1) is 30.1. The van der Waals surface area contributed by atoms with Crippen molar-refractivity contribution in [1.29, 1.82) is 5.26 Å². The molecule has 0 amide bonds. The van der Waals surface area contributed by atoms with Crippen LogP contribution in [0.5, 0.6) is 5.75 Å². The van der Waals surface area contributed by atoms with Gasteiger partial charge in [0.2, 0.25) is 12.2 Å². The van der Waals surface area contributed by atoms with Crippen molar-refractivity contribution < 1.29 is 24.9 Å². The predicted molar refractivity (Wildman–Crippen MR) is 159 cm³/mol. The second-order valence-electron chi connectivity index (χ2n) is 10.5. The van der Waals surface area contributed by atoms with Crippen molar-refractivity contribution in [1.82, 2.24) is 15.5 Å². The Bertz CT molecular complexity index is 1430. The molecule has 0 bridgehead atoms. The number of phenols is 1. The molecule has 2 aromatic carbocycles. The number of benzene rings is 2. The number of carbonyl (C=O) groups is 2. The summed E-state index contributed by atoms with van der Waals surface area (Å²) in [5.41, 5.74) is 2.89. The van der Waals surface area contributed by atoms with E-state index in [2.05, 4.69) is 31.9 Å². The van der Waals surface area contributed by atoms with E-state index in [1.807, 2.05) is 12.1 Å². The van der Waals surface area contributed by atoms with Crippen LogP contribution in [0.1, 0.15) is 56.1 Å². The predicted octanol–water partition coefficient (Wildman–Crippen LogP) is 3.90. The molecular formula is C31H36N6O5. The normalized spacial score (nSPS) is 17.0. The number of anilines is 1. The Hall–Kier alpha value is -4.82. The number of carboxylic acid groups (broad SMARTS) is 2. The second kappa shape index (κ2) is 13.7. The summed E-state index contributed by atoms with van der Waals surface area (Å²) in [4.78, 5) is 30.5. The van der Waals surface area contributed by atoms with Crippen molar-refractivity contribution in [3.8, 4) is 11.9 Å². The van der Waals surface area contributed by atoms with Gasteiger partial charge in [-0.3, -0.25) is 0 Å². The lowest BCUT2D eigenvalue weighted by atomic mass is 9.80. The topological polar surface area (TPSA) is 170 Å². The number of carboxylic acids is 2. The maximum absolute atomic E-state index is 12.1. The van der Waals surface area contributed by atoms with Gasteiger partial charge in [0.25, 0.3) is 0 Å². The zero-order chi connectivity index (χ0) is 30.2. The first-order valence-electron chi connectivity index (χ1n) is 13.9. The van der Waals surface area contributed by atoms with Crippen LogP contribution in [0, 0.1) is 11.5 Å². The van der Waals surface area contributed by atoms with Gasteiger partial charge in [-0.05, 0) is 94.1 Å². The lowest BCUT2D eigenvalue weighted by molar-refractivity contribution is -0.133. The number of nitrogens with one attached hydrogen (secondary N) is 3. The number of aromatic hydroxyl groups is 1. The Morgan fingerprint density at radius 2 is 1.67 bits per heavy atom. The van der Waals surface area contributed by atoms with Crippen LogP contribution in [0.3, 0.4) is 0 Å². The minimum absolute atomic E-state index is 0.0369. The molecule has 0 radical (unpaired) electrons. The third kappa shape index (κ3) is 7.27. The quantitative estimate of drug-likeness (QED) is 0.112. The number of piperidine rings is 1. The summed E-state index contributed by atoms with van der Waals surface area (Å²) < 4.78 is 0. The smallest absolute Gasteiger partial charge is 0.334 e. The maximum atomic E-state index is 12.1. The van der Waals surface area contributed by atoms with Crippen LogP contribution in [0.2, 0.25) is 0 Å². The molecule has 0 spiro atoms. The van der Waals surface area contributed by atoms with Crippen molar-refractivity contribution in [2.75, 3.05) is 31.5 Å². The summed E-state index contributed by atoms with van der Waals surface area (Å²) >= 11 is 0. The van der Waals surface area contributed by atoms with E-state index >= 15 is 0 Å². The summed E-state index contributed by atoms with van der Waals surface area (Å²) in [7, 11) is 0. The highest BCUT2D eigenvalue weighted by Gasteiger charge is 2.36. The highest BCUT2D eigenvalue weighted by atomic mass is 16.4. The van der Waals surface area contributed by atoms with Gasteiger partial charge in [0.05, 0.1) is 17.1 Å². The zero-order valence-electron chi connectivity index (χ0n) is 23.7. The zero-order valence-corrected chi connectivity index (χ0v) is 23.7. The molecule has 2 aromatic rings. The van der Waals surface area contributed by atoms with Crippen molar-refractivity contribution in [2.45, 2.75) is 44.9 Å². The standard InChI is InChI=1S/C31H36N6O5/c1-19-26(29(39)40)28(27(30(41)42)20(2)35-19)23-7-3-8-24(16-23)36-31(34-18-32)33-12-5-13-37-14-10-21(11-15-37)22-6-4-9-25(38)17-22/h3-4,6-9,16-17,21,28,35,38H,5,10-15H2,1-2H3,(H,39,40)(H,41,42)(H2,33,34,36). The molecule has 2 heterocycles. The highest BCUT2D eigenvalue weighted by molar-refractivity contribution is 5.99. The van der Waals surface area contributed by atoms with Crippen molar-refractivity contribution >= 4 is 23.6 Å². The molecule has 2 aliphatic heterocycles. The molecule has 11 heteroatoms. The van der Waals surface area contributed by atoms with Crippen LogP contribution >= 0.6 is 0 Å². The van der Waals surface area contributed by atoms with Crippen LogP contribution in [0.25, 0.3) is 0 Å². The van der Waals surface area contributed by atoms with Gasteiger partial charge in [-0.15, -0.1) is 4.99 Å². The fraction of sp³-hybridized carbons (Fsp3) is 0.355. The number of nitriles is 1. The van der Waals surface area contributed by atoms with Crippen molar-refractivity contribution in [3.05, 3.63) is 82.2 Å². The molecule has 0 saturated carbocycles. The van der Waals surface area contributed by atoms with E-state index in [4.69, 9.17) is 0 Å². The molecule has 11 nitrogen and oxygen atoms in total. The average molecular weight is 573 g/mol. The van der Waals surface area contributed by atoms with Gasteiger partial charge < -0.3 is 36.2 Å². The molecule has 0 unspecified atom stereocenters. The van der Waals surface area contributed by atoms with Gasteiger partial charge in [0.15, 0.2) is 0 Å². The third-order valence-electron chi connectivity index (χ3n) is 7.74. The Morgan fingerprint density at radius 1 is 1.02 bits per heavy atom.